The lowest BCUT2D eigenvalue weighted by atomic mass is 9.86. The number of nitrogens with zero attached hydrogens (tertiary/aromatic N) is 3. The highest BCUT2D eigenvalue weighted by atomic mass is 16.4. The van der Waals surface area contributed by atoms with Crippen LogP contribution in [0.3, 0.4) is 0 Å². The summed E-state index contributed by atoms with van der Waals surface area (Å²) < 4.78 is 0. The molecule has 0 aromatic heterocycles. The van der Waals surface area contributed by atoms with Crippen LogP contribution in [0.2, 0.25) is 0 Å². The van der Waals surface area contributed by atoms with E-state index >= 15 is 0 Å². The Labute approximate surface area is 131 Å². The van der Waals surface area contributed by atoms with Gasteiger partial charge in [0.15, 0.2) is 0 Å². The summed E-state index contributed by atoms with van der Waals surface area (Å²) in [4.78, 5) is 4.96. The zero-order valence-corrected chi connectivity index (χ0v) is 14.7. The van der Waals surface area contributed by atoms with Crippen LogP contribution in [0.15, 0.2) is 5.16 Å². The van der Waals surface area contributed by atoms with E-state index in [-0.39, 0.29) is 5.41 Å². The maximum Gasteiger partial charge on any atom is 0.144 e. The summed E-state index contributed by atoms with van der Waals surface area (Å²) in [6.45, 7) is 17.5. The average Bonchev–Trinajstić information content (AvgIpc) is 2.48. The minimum atomic E-state index is -0.227. The van der Waals surface area contributed by atoms with Crippen molar-refractivity contribution in [2.24, 2.45) is 16.3 Å². The van der Waals surface area contributed by atoms with Gasteiger partial charge in [-0.25, -0.2) is 0 Å². The lowest BCUT2D eigenvalue weighted by Gasteiger charge is -2.26. The van der Waals surface area contributed by atoms with E-state index in [0.717, 1.165) is 45.6 Å². The van der Waals surface area contributed by atoms with Crippen LogP contribution in [-0.4, -0.2) is 60.1 Å². The molecule has 0 aromatic rings. The van der Waals surface area contributed by atoms with Crippen LogP contribution in [0.1, 0.15) is 53.9 Å². The van der Waals surface area contributed by atoms with Crippen LogP contribution >= 0.6 is 0 Å². The quantitative estimate of drug-likeness (QED) is 0.252. The molecule has 0 saturated heterocycles. The number of hydrogen-bond donors (Lipinski definition) is 2. The summed E-state index contributed by atoms with van der Waals surface area (Å²) in [5.41, 5.74) is 5.50. The summed E-state index contributed by atoms with van der Waals surface area (Å²) >= 11 is 0. The first-order chi connectivity index (χ1) is 9.91. The molecule has 0 rings (SSSR count). The summed E-state index contributed by atoms with van der Waals surface area (Å²) in [7, 11) is 0. The van der Waals surface area contributed by atoms with E-state index in [1.54, 1.807) is 0 Å². The third-order valence-corrected chi connectivity index (χ3v) is 4.37. The zero-order chi connectivity index (χ0) is 16.3. The lowest BCUT2D eigenvalue weighted by Crippen LogP contribution is -2.34. The van der Waals surface area contributed by atoms with Crippen molar-refractivity contribution in [1.29, 1.82) is 0 Å². The number of hydrogen-bond acceptors (Lipinski definition) is 4. The molecule has 0 atom stereocenters. The van der Waals surface area contributed by atoms with E-state index < -0.39 is 0 Å². The van der Waals surface area contributed by atoms with Gasteiger partial charge < -0.3 is 20.7 Å². The minimum Gasteiger partial charge on any atom is -0.409 e. The van der Waals surface area contributed by atoms with E-state index in [4.69, 9.17) is 10.9 Å². The van der Waals surface area contributed by atoms with E-state index in [9.17, 15) is 0 Å². The van der Waals surface area contributed by atoms with Crippen LogP contribution in [0.5, 0.6) is 0 Å². The van der Waals surface area contributed by atoms with E-state index in [2.05, 4.69) is 35.7 Å². The highest BCUT2D eigenvalue weighted by Crippen LogP contribution is 2.22. The first-order valence-corrected chi connectivity index (χ1v) is 8.33. The molecule has 0 heterocycles. The summed E-state index contributed by atoms with van der Waals surface area (Å²) in [5.74, 6) is 0.326. The van der Waals surface area contributed by atoms with Gasteiger partial charge >= 0.3 is 0 Å². The number of oxime groups is 1. The molecule has 0 aromatic carbocycles. The van der Waals surface area contributed by atoms with Gasteiger partial charge in [-0.2, -0.15) is 0 Å². The molecule has 0 aliphatic carbocycles. The second kappa shape index (κ2) is 10.9. The van der Waals surface area contributed by atoms with Crippen molar-refractivity contribution < 1.29 is 5.21 Å². The Balaban J connectivity index is 4.00. The van der Waals surface area contributed by atoms with E-state index in [1.165, 1.54) is 13.0 Å². The van der Waals surface area contributed by atoms with Gasteiger partial charge in [-0.3, -0.25) is 0 Å². The van der Waals surface area contributed by atoms with Crippen LogP contribution < -0.4 is 5.73 Å². The molecular weight excluding hydrogens is 264 g/mol. The molecule has 0 fully saturated rings. The van der Waals surface area contributed by atoms with Gasteiger partial charge in [0.25, 0.3) is 0 Å². The molecule has 0 aliphatic rings. The molecule has 0 unspecified atom stereocenters. The number of amidine groups is 1. The second-order valence-electron chi connectivity index (χ2n) is 6.29. The highest BCUT2D eigenvalue weighted by molar-refractivity contribution is 5.85. The molecule has 0 aliphatic heterocycles. The Morgan fingerprint density at radius 2 is 1.43 bits per heavy atom. The third kappa shape index (κ3) is 8.27. The Morgan fingerprint density at radius 3 is 1.90 bits per heavy atom. The van der Waals surface area contributed by atoms with Gasteiger partial charge in [0.05, 0.1) is 0 Å². The fourth-order valence-corrected chi connectivity index (χ4v) is 2.49. The number of rotatable bonds is 12. The summed E-state index contributed by atoms with van der Waals surface area (Å²) in [5, 5.41) is 11.9. The van der Waals surface area contributed by atoms with Gasteiger partial charge in [-0.05, 0) is 58.5 Å². The molecule has 3 N–H and O–H groups in total. The van der Waals surface area contributed by atoms with Gasteiger partial charge in [-0.15, -0.1) is 0 Å². The minimum absolute atomic E-state index is 0.227. The molecule has 0 amide bonds. The molecule has 0 radical (unpaired) electrons. The van der Waals surface area contributed by atoms with Gasteiger partial charge in [0.2, 0.25) is 0 Å². The fourth-order valence-electron chi connectivity index (χ4n) is 2.49. The Morgan fingerprint density at radius 1 is 0.952 bits per heavy atom. The molecule has 0 bridgehead atoms. The average molecular weight is 300 g/mol. The first-order valence-electron chi connectivity index (χ1n) is 8.33. The number of nitrogens with two attached hydrogens (primary N) is 1. The molecule has 0 spiro atoms. The van der Waals surface area contributed by atoms with Crippen molar-refractivity contribution in [3.05, 3.63) is 0 Å². The topological polar surface area (TPSA) is 65.1 Å². The monoisotopic (exact) mass is 300 g/mol. The summed E-state index contributed by atoms with van der Waals surface area (Å²) in [6.07, 6.45) is 3.23. The van der Waals surface area contributed by atoms with Gasteiger partial charge in [0, 0.05) is 5.41 Å². The Kier molecular flexibility index (Phi) is 10.4. The highest BCUT2D eigenvalue weighted by Gasteiger charge is 2.23. The molecule has 0 saturated carbocycles. The maximum absolute atomic E-state index is 8.79. The van der Waals surface area contributed by atoms with Crippen molar-refractivity contribution in [1.82, 2.24) is 9.80 Å². The first kappa shape index (κ1) is 20.2. The van der Waals surface area contributed by atoms with Gasteiger partial charge in [-0.1, -0.05) is 39.8 Å². The normalized spacial score (nSPS) is 13.4. The van der Waals surface area contributed by atoms with E-state index in [1.807, 2.05) is 13.8 Å². The lowest BCUT2D eigenvalue weighted by molar-refractivity contribution is 0.234. The van der Waals surface area contributed by atoms with Crippen molar-refractivity contribution in [3.63, 3.8) is 0 Å². The molecule has 126 valence electrons. The van der Waals surface area contributed by atoms with Crippen molar-refractivity contribution in [2.45, 2.75) is 53.9 Å². The van der Waals surface area contributed by atoms with Crippen LogP contribution in [0, 0.1) is 5.41 Å². The SMILES string of the molecule is CCN(CC)CCCN(CC)CCCC(C)(C)C(N)=NO. The molecule has 5 heteroatoms. The van der Waals surface area contributed by atoms with Crippen molar-refractivity contribution in [3.8, 4) is 0 Å². The molecular formula is C16H36N4O. The predicted octanol–water partition coefficient (Wildman–Crippen LogP) is 2.59. The van der Waals surface area contributed by atoms with Crippen LogP contribution in [0.25, 0.3) is 0 Å². The van der Waals surface area contributed by atoms with Crippen molar-refractivity contribution in [2.75, 3.05) is 39.3 Å². The second-order valence-corrected chi connectivity index (χ2v) is 6.29. The van der Waals surface area contributed by atoms with Crippen molar-refractivity contribution >= 4 is 5.84 Å². The van der Waals surface area contributed by atoms with Gasteiger partial charge in [0.1, 0.15) is 5.84 Å². The third-order valence-electron chi connectivity index (χ3n) is 4.37. The Hall–Kier alpha value is -0.810. The van der Waals surface area contributed by atoms with Crippen LogP contribution in [0.4, 0.5) is 0 Å². The maximum atomic E-state index is 8.79. The molecule has 5 nitrogen and oxygen atoms in total. The standard InChI is InChI=1S/C16H36N4O/c1-6-19(7-2)13-10-14-20(8-3)12-9-11-16(4,5)15(17)18-21/h21H,6-14H2,1-5H3,(H2,17,18). The predicted molar refractivity (Wildman–Crippen MR) is 90.9 cm³/mol. The Bertz CT molecular complexity index is 288. The smallest absolute Gasteiger partial charge is 0.144 e. The fraction of sp³-hybridized carbons (Fsp3) is 0.938. The van der Waals surface area contributed by atoms with Crippen LogP contribution in [-0.2, 0) is 0 Å². The summed E-state index contributed by atoms with van der Waals surface area (Å²) in [6, 6.07) is 0. The largest absolute Gasteiger partial charge is 0.409 e. The molecule has 21 heavy (non-hydrogen) atoms. The van der Waals surface area contributed by atoms with E-state index in [0.29, 0.717) is 5.84 Å². The zero-order valence-electron chi connectivity index (χ0n) is 14.7.